The van der Waals surface area contributed by atoms with Crippen molar-refractivity contribution in [2.75, 3.05) is 32.7 Å². The van der Waals surface area contributed by atoms with Crippen LogP contribution in [-0.4, -0.2) is 58.2 Å². The predicted molar refractivity (Wildman–Crippen MR) is 56.4 cm³/mol. The monoisotopic (exact) mass is 210 g/mol. The highest BCUT2D eigenvalue weighted by atomic mass is 15.5. The number of aryl methyl sites for hydroxylation is 1. The molecular weight excluding hydrogens is 192 g/mol. The number of aromatic nitrogens is 4. The van der Waals surface area contributed by atoms with Gasteiger partial charge in [-0.3, -0.25) is 0 Å². The van der Waals surface area contributed by atoms with Gasteiger partial charge in [0, 0.05) is 32.6 Å². The Morgan fingerprint density at radius 2 is 2.07 bits per heavy atom. The minimum atomic E-state index is 0.829. The van der Waals surface area contributed by atoms with Gasteiger partial charge in [-0.2, -0.15) is 5.21 Å². The fraction of sp³-hybridized carbons (Fsp3) is 0.889. The Morgan fingerprint density at radius 3 is 2.80 bits per heavy atom. The Balaban J connectivity index is 1.54. The molecule has 0 spiro atoms. The summed E-state index contributed by atoms with van der Waals surface area (Å²) in [4.78, 5) is 2.51. The number of H-pyrrole nitrogens is 1. The largest absolute Gasteiger partial charge is 0.314 e. The van der Waals surface area contributed by atoms with E-state index in [1.807, 2.05) is 0 Å². The molecule has 6 nitrogen and oxygen atoms in total. The van der Waals surface area contributed by atoms with Crippen LogP contribution in [0.25, 0.3) is 0 Å². The quantitative estimate of drug-likeness (QED) is 0.637. The molecule has 0 aliphatic carbocycles. The summed E-state index contributed by atoms with van der Waals surface area (Å²) in [5.41, 5.74) is 0. The van der Waals surface area contributed by atoms with E-state index in [4.69, 9.17) is 0 Å². The zero-order valence-electron chi connectivity index (χ0n) is 8.95. The van der Waals surface area contributed by atoms with Crippen LogP contribution in [0.1, 0.15) is 18.7 Å². The standard InChI is InChI=1S/C9H18N6/c1(3-9-11-13-14-12-9)2-6-15-7-4-10-5-8-15/h10H,1-8H2,(H,11,12,13,14). The summed E-state index contributed by atoms with van der Waals surface area (Å²) in [7, 11) is 0. The number of rotatable bonds is 5. The molecule has 0 unspecified atom stereocenters. The summed E-state index contributed by atoms with van der Waals surface area (Å²) in [6, 6.07) is 0. The molecule has 1 fully saturated rings. The third kappa shape index (κ3) is 3.56. The minimum absolute atomic E-state index is 0.829. The number of aromatic amines is 1. The highest BCUT2D eigenvalue weighted by Crippen LogP contribution is 2.00. The van der Waals surface area contributed by atoms with Gasteiger partial charge in [-0.1, -0.05) is 5.21 Å². The molecule has 1 aromatic heterocycles. The van der Waals surface area contributed by atoms with Crippen LogP contribution in [-0.2, 0) is 6.42 Å². The van der Waals surface area contributed by atoms with Crippen molar-refractivity contribution in [1.82, 2.24) is 30.8 Å². The van der Waals surface area contributed by atoms with Crippen molar-refractivity contribution in [3.8, 4) is 0 Å². The number of piperazine rings is 1. The zero-order valence-corrected chi connectivity index (χ0v) is 8.95. The lowest BCUT2D eigenvalue weighted by Crippen LogP contribution is -2.43. The van der Waals surface area contributed by atoms with Crippen molar-refractivity contribution in [3.05, 3.63) is 5.82 Å². The van der Waals surface area contributed by atoms with Crippen molar-refractivity contribution in [2.24, 2.45) is 0 Å². The SMILES string of the molecule is C(CCN1CCNCC1)Cc1nn[nH]n1. The van der Waals surface area contributed by atoms with Crippen molar-refractivity contribution < 1.29 is 0 Å². The molecule has 6 heteroatoms. The molecule has 84 valence electrons. The highest BCUT2D eigenvalue weighted by molar-refractivity contribution is 4.76. The lowest BCUT2D eigenvalue weighted by molar-refractivity contribution is 0.236. The summed E-state index contributed by atoms with van der Waals surface area (Å²) in [5, 5.41) is 17.2. The van der Waals surface area contributed by atoms with Gasteiger partial charge < -0.3 is 10.2 Å². The number of nitrogens with zero attached hydrogens (tertiary/aromatic N) is 4. The Bertz CT molecular complexity index is 254. The molecule has 0 amide bonds. The van der Waals surface area contributed by atoms with E-state index >= 15 is 0 Å². The van der Waals surface area contributed by atoms with E-state index in [1.165, 1.54) is 26.1 Å². The molecule has 1 aliphatic heterocycles. The summed E-state index contributed by atoms with van der Waals surface area (Å²) in [6.45, 7) is 5.82. The van der Waals surface area contributed by atoms with Gasteiger partial charge in [0.25, 0.3) is 0 Å². The van der Waals surface area contributed by atoms with Crippen LogP contribution in [0.4, 0.5) is 0 Å². The lowest BCUT2D eigenvalue weighted by atomic mass is 10.2. The Morgan fingerprint density at radius 1 is 1.20 bits per heavy atom. The van der Waals surface area contributed by atoms with Gasteiger partial charge in [0.05, 0.1) is 0 Å². The summed E-state index contributed by atoms with van der Waals surface area (Å²) >= 11 is 0. The second kappa shape index (κ2) is 5.77. The van der Waals surface area contributed by atoms with E-state index < -0.39 is 0 Å². The number of nitrogens with one attached hydrogen (secondary N) is 2. The Hall–Kier alpha value is -1.01. The van der Waals surface area contributed by atoms with Gasteiger partial charge in [-0.15, -0.1) is 10.2 Å². The second-order valence-corrected chi connectivity index (χ2v) is 3.88. The minimum Gasteiger partial charge on any atom is -0.314 e. The molecule has 0 aromatic carbocycles. The Labute approximate surface area is 89.4 Å². The molecule has 2 heterocycles. The van der Waals surface area contributed by atoms with Crippen LogP contribution < -0.4 is 5.32 Å². The Kier molecular flexibility index (Phi) is 4.04. The fourth-order valence-corrected chi connectivity index (χ4v) is 1.84. The molecule has 0 atom stereocenters. The molecule has 15 heavy (non-hydrogen) atoms. The van der Waals surface area contributed by atoms with Gasteiger partial charge in [0.2, 0.25) is 0 Å². The van der Waals surface area contributed by atoms with E-state index in [1.54, 1.807) is 0 Å². The molecule has 0 bridgehead atoms. The maximum atomic E-state index is 3.93. The fourth-order valence-electron chi connectivity index (χ4n) is 1.84. The molecule has 1 aliphatic rings. The van der Waals surface area contributed by atoms with Gasteiger partial charge >= 0.3 is 0 Å². The van der Waals surface area contributed by atoms with E-state index in [-0.39, 0.29) is 0 Å². The van der Waals surface area contributed by atoms with E-state index in [0.29, 0.717) is 0 Å². The van der Waals surface area contributed by atoms with Crippen molar-refractivity contribution in [3.63, 3.8) is 0 Å². The topological polar surface area (TPSA) is 69.7 Å². The molecule has 0 saturated carbocycles. The first-order chi connectivity index (χ1) is 7.45. The summed E-state index contributed by atoms with van der Waals surface area (Å²) < 4.78 is 0. The third-order valence-corrected chi connectivity index (χ3v) is 2.72. The second-order valence-electron chi connectivity index (χ2n) is 3.88. The number of hydrogen-bond acceptors (Lipinski definition) is 5. The lowest BCUT2D eigenvalue weighted by Gasteiger charge is -2.26. The zero-order chi connectivity index (χ0) is 10.3. The van der Waals surface area contributed by atoms with Gasteiger partial charge in [0.1, 0.15) is 0 Å². The number of hydrogen-bond donors (Lipinski definition) is 2. The highest BCUT2D eigenvalue weighted by Gasteiger charge is 2.08. The first kappa shape index (κ1) is 10.5. The van der Waals surface area contributed by atoms with Crippen LogP contribution in [0.5, 0.6) is 0 Å². The first-order valence-corrected chi connectivity index (χ1v) is 5.60. The summed E-state index contributed by atoms with van der Waals surface area (Å²) in [6.07, 6.45) is 3.29. The molecule has 1 aromatic rings. The first-order valence-electron chi connectivity index (χ1n) is 5.60. The molecule has 0 radical (unpaired) electrons. The average molecular weight is 210 g/mol. The van der Waals surface area contributed by atoms with Crippen molar-refractivity contribution >= 4 is 0 Å². The van der Waals surface area contributed by atoms with Crippen LogP contribution >= 0.6 is 0 Å². The van der Waals surface area contributed by atoms with Crippen LogP contribution in [0, 0.1) is 0 Å². The van der Waals surface area contributed by atoms with Crippen LogP contribution in [0.15, 0.2) is 0 Å². The summed E-state index contributed by atoms with van der Waals surface area (Å²) in [5.74, 6) is 0.829. The van der Waals surface area contributed by atoms with Crippen LogP contribution in [0.2, 0.25) is 0 Å². The number of tetrazole rings is 1. The van der Waals surface area contributed by atoms with Gasteiger partial charge in [0.15, 0.2) is 5.82 Å². The molecular formula is C9H18N6. The predicted octanol–water partition coefficient (Wildman–Crippen LogP) is -0.572. The van der Waals surface area contributed by atoms with E-state index in [2.05, 4.69) is 30.8 Å². The van der Waals surface area contributed by atoms with Crippen molar-refractivity contribution in [2.45, 2.75) is 19.3 Å². The third-order valence-electron chi connectivity index (χ3n) is 2.72. The van der Waals surface area contributed by atoms with Crippen molar-refractivity contribution in [1.29, 1.82) is 0 Å². The van der Waals surface area contributed by atoms with Crippen LogP contribution in [0.3, 0.4) is 0 Å². The average Bonchev–Trinajstić information content (AvgIpc) is 2.79. The maximum absolute atomic E-state index is 3.93. The van der Waals surface area contributed by atoms with Gasteiger partial charge in [-0.25, -0.2) is 0 Å². The van der Waals surface area contributed by atoms with Gasteiger partial charge in [-0.05, 0) is 19.4 Å². The van der Waals surface area contributed by atoms with E-state index in [9.17, 15) is 0 Å². The smallest absolute Gasteiger partial charge is 0.174 e. The molecule has 2 rings (SSSR count). The van der Waals surface area contributed by atoms with E-state index in [0.717, 1.165) is 31.8 Å². The number of unbranched alkanes of at least 4 members (excludes halogenated alkanes) is 1. The molecule has 2 N–H and O–H groups in total. The molecule has 1 saturated heterocycles. The maximum Gasteiger partial charge on any atom is 0.174 e. The normalized spacial score (nSPS) is 18.1.